The highest BCUT2D eigenvalue weighted by molar-refractivity contribution is 7.08. The summed E-state index contributed by atoms with van der Waals surface area (Å²) in [6.45, 7) is 2.01. The van der Waals surface area contributed by atoms with Crippen LogP contribution in [0.2, 0.25) is 0 Å². The molecular weight excluding hydrogens is 346 g/mol. The first-order valence-corrected chi connectivity index (χ1v) is 9.22. The van der Waals surface area contributed by atoms with E-state index in [0.717, 1.165) is 21.9 Å². The topological polar surface area (TPSA) is 72.7 Å². The Labute approximate surface area is 154 Å². The number of nitrogens with one attached hydrogen (secondary N) is 1. The molecule has 130 valence electrons. The second kappa shape index (κ2) is 7.05. The van der Waals surface area contributed by atoms with E-state index in [9.17, 15) is 4.79 Å². The molecule has 2 aromatic heterocycles. The van der Waals surface area contributed by atoms with E-state index in [-0.39, 0.29) is 18.5 Å². The third-order valence-electron chi connectivity index (χ3n) is 4.18. The van der Waals surface area contributed by atoms with Gasteiger partial charge in [-0.2, -0.15) is 16.1 Å². The van der Waals surface area contributed by atoms with Crippen LogP contribution in [0.5, 0.6) is 0 Å². The molecule has 0 spiro atoms. The number of hydrogen-bond acceptors (Lipinski definition) is 5. The Morgan fingerprint density at radius 2 is 2.04 bits per heavy atom. The van der Waals surface area contributed by atoms with Crippen LogP contribution in [0.25, 0.3) is 22.2 Å². The minimum Gasteiger partial charge on any atom is -0.348 e. The Balaban J connectivity index is 1.46. The Morgan fingerprint density at radius 3 is 2.88 bits per heavy atom. The van der Waals surface area contributed by atoms with E-state index in [1.807, 2.05) is 48.0 Å². The van der Waals surface area contributed by atoms with Crippen LogP contribution < -0.4 is 5.32 Å². The van der Waals surface area contributed by atoms with Crippen molar-refractivity contribution in [2.24, 2.45) is 0 Å². The van der Waals surface area contributed by atoms with E-state index in [0.29, 0.717) is 5.82 Å². The van der Waals surface area contributed by atoms with Gasteiger partial charge >= 0.3 is 0 Å². The average Bonchev–Trinajstić information content (AvgIpc) is 3.32. The smallest absolute Gasteiger partial charge is 0.244 e. The monoisotopic (exact) mass is 363 g/mol. The summed E-state index contributed by atoms with van der Waals surface area (Å²) in [5, 5.41) is 21.4. The highest BCUT2D eigenvalue weighted by Crippen LogP contribution is 2.24. The van der Waals surface area contributed by atoms with Gasteiger partial charge in [-0.25, -0.2) is 0 Å². The van der Waals surface area contributed by atoms with E-state index >= 15 is 0 Å². The van der Waals surface area contributed by atoms with Gasteiger partial charge in [-0.1, -0.05) is 42.5 Å². The van der Waals surface area contributed by atoms with Crippen molar-refractivity contribution in [2.45, 2.75) is 19.5 Å². The maximum Gasteiger partial charge on any atom is 0.244 e. The van der Waals surface area contributed by atoms with Crippen LogP contribution in [0.4, 0.5) is 0 Å². The fourth-order valence-corrected chi connectivity index (χ4v) is 3.57. The molecule has 0 aliphatic heterocycles. The third kappa shape index (κ3) is 3.34. The quantitative estimate of drug-likeness (QED) is 0.590. The number of hydrogen-bond donors (Lipinski definition) is 1. The van der Waals surface area contributed by atoms with Crippen LogP contribution in [-0.2, 0) is 11.3 Å². The minimum absolute atomic E-state index is 0.0340. The van der Waals surface area contributed by atoms with E-state index in [2.05, 4.69) is 38.9 Å². The number of nitrogens with zero attached hydrogens (tertiary/aromatic N) is 4. The van der Waals surface area contributed by atoms with Gasteiger partial charge in [0.05, 0.1) is 6.04 Å². The molecule has 1 atom stereocenters. The number of rotatable bonds is 5. The summed E-state index contributed by atoms with van der Waals surface area (Å²) in [4.78, 5) is 13.7. The zero-order chi connectivity index (χ0) is 17.9. The van der Waals surface area contributed by atoms with Gasteiger partial charge in [-0.15, -0.1) is 10.2 Å². The molecule has 0 radical (unpaired) electrons. The fraction of sp³-hybridized carbons (Fsp3) is 0.158. The van der Waals surface area contributed by atoms with Crippen LogP contribution in [-0.4, -0.2) is 26.1 Å². The number of carbonyl (C=O) groups is 1. The van der Waals surface area contributed by atoms with E-state index < -0.39 is 0 Å². The van der Waals surface area contributed by atoms with Crippen molar-refractivity contribution >= 4 is 28.0 Å². The molecule has 0 fully saturated rings. The van der Waals surface area contributed by atoms with Crippen molar-refractivity contribution in [3.8, 4) is 11.4 Å². The molecule has 0 saturated heterocycles. The Hall–Kier alpha value is -3.06. The molecule has 0 unspecified atom stereocenters. The van der Waals surface area contributed by atoms with Gasteiger partial charge in [0, 0.05) is 10.9 Å². The molecule has 2 aromatic carbocycles. The Kier molecular flexibility index (Phi) is 4.45. The molecule has 1 amide bonds. The summed E-state index contributed by atoms with van der Waals surface area (Å²) in [5.74, 6) is 0.376. The van der Waals surface area contributed by atoms with E-state index in [4.69, 9.17) is 0 Å². The lowest BCUT2D eigenvalue weighted by Crippen LogP contribution is -2.31. The molecule has 6 nitrogen and oxygen atoms in total. The fourth-order valence-electron chi connectivity index (χ4n) is 2.94. The molecule has 2 heterocycles. The van der Waals surface area contributed by atoms with Crippen molar-refractivity contribution in [3.63, 3.8) is 0 Å². The van der Waals surface area contributed by atoms with Crippen LogP contribution in [0, 0.1) is 0 Å². The highest BCUT2D eigenvalue weighted by atomic mass is 32.1. The second-order valence-corrected chi connectivity index (χ2v) is 6.79. The maximum atomic E-state index is 12.4. The normalized spacial score (nSPS) is 12.2. The second-order valence-electron chi connectivity index (χ2n) is 6.01. The lowest BCUT2D eigenvalue weighted by Gasteiger charge is -2.16. The zero-order valence-corrected chi connectivity index (χ0v) is 15.0. The van der Waals surface area contributed by atoms with Crippen molar-refractivity contribution in [2.75, 3.05) is 0 Å². The zero-order valence-electron chi connectivity index (χ0n) is 14.2. The molecule has 26 heavy (non-hydrogen) atoms. The largest absolute Gasteiger partial charge is 0.348 e. The Bertz CT molecular complexity index is 1040. The minimum atomic E-state index is -0.153. The first-order chi connectivity index (χ1) is 12.7. The Morgan fingerprint density at radius 1 is 1.19 bits per heavy atom. The molecule has 0 saturated carbocycles. The maximum absolute atomic E-state index is 12.4. The number of carbonyl (C=O) groups excluding carboxylic acids is 1. The molecule has 4 rings (SSSR count). The standard InChI is InChI=1S/C19H17N5OS/c1-13(16-8-4-6-14-5-2-3-7-17(14)16)20-18(25)11-24-22-19(21-23-24)15-9-10-26-12-15/h2-10,12-13H,11H2,1H3,(H,20,25)/t13-/m0/s1. The lowest BCUT2D eigenvalue weighted by atomic mass is 10.00. The molecule has 7 heteroatoms. The van der Waals surface area contributed by atoms with Gasteiger partial charge in [0.25, 0.3) is 0 Å². The van der Waals surface area contributed by atoms with Gasteiger partial charge in [-0.3, -0.25) is 4.79 Å². The van der Waals surface area contributed by atoms with Crippen LogP contribution in [0.1, 0.15) is 18.5 Å². The molecular formula is C19H17N5OS. The van der Waals surface area contributed by atoms with Gasteiger partial charge in [0.15, 0.2) is 0 Å². The number of benzene rings is 2. The first kappa shape index (κ1) is 16.4. The number of fused-ring (bicyclic) bond motifs is 1. The van der Waals surface area contributed by atoms with Crippen LogP contribution in [0.3, 0.4) is 0 Å². The lowest BCUT2D eigenvalue weighted by molar-refractivity contribution is -0.122. The highest BCUT2D eigenvalue weighted by Gasteiger charge is 2.14. The number of amides is 1. The first-order valence-electron chi connectivity index (χ1n) is 8.28. The van der Waals surface area contributed by atoms with Crippen molar-refractivity contribution in [1.82, 2.24) is 25.5 Å². The SMILES string of the molecule is C[C@H](NC(=O)Cn1nnc(-c2ccsc2)n1)c1cccc2ccccc12. The molecule has 0 aliphatic carbocycles. The third-order valence-corrected chi connectivity index (χ3v) is 4.87. The van der Waals surface area contributed by atoms with Gasteiger partial charge in [-0.05, 0) is 39.9 Å². The van der Waals surface area contributed by atoms with Crippen molar-refractivity contribution < 1.29 is 4.79 Å². The number of tetrazole rings is 1. The summed E-state index contributed by atoms with van der Waals surface area (Å²) in [6.07, 6.45) is 0. The van der Waals surface area contributed by atoms with E-state index in [1.54, 1.807) is 11.3 Å². The average molecular weight is 363 g/mol. The van der Waals surface area contributed by atoms with Crippen LogP contribution >= 0.6 is 11.3 Å². The predicted octanol–water partition coefficient (Wildman–Crippen LogP) is 3.43. The van der Waals surface area contributed by atoms with Crippen LogP contribution in [0.15, 0.2) is 59.3 Å². The summed E-state index contributed by atoms with van der Waals surface area (Å²) < 4.78 is 0. The summed E-state index contributed by atoms with van der Waals surface area (Å²) >= 11 is 1.57. The molecule has 1 N–H and O–H groups in total. The summed E-state index contributed by atoms with van der Waals surface area (Å²) in [5.41, 5.74) is 1.99. The van der Waals surface area contributed by atoms with E-state index in [1.165, 1.54) is 4.80 Å². The van der Waals surface area contributed by atoms with Gasteiger partial charge < -0.3 is 5.32 Å². The summed E-state index contributed by atoms with van der Waals surface area (Å²) in [7, 11) is 0. The number of thiophene rings is 1. The molecule has 0 bridgehead atoms. The van der Waals surface area contributed by atoms with Gasteiger partial charge in [0.2, 0.25) is 11.7 Å². The van der Waals surface area contributed by atoms with Crippen molar-refractivity contribution in [1.29, 1.82) is 0 Å². The molecule has 4 aromatic rings. The predicted molar refractivity (Wildman–Crippen MR) is 102 cm³/mol. The molecule has 0 aliphatic rings. The van der Waals surface area contributed by atoms with Gasteiger partial charge in [0.1, 0.15) is 6.54 Å². The summed E-state index contributed by atoms with van der Waals surface area (Å²) in [6, 6.07) is 16.1. The van der Waals surface area contributed by atoms with Crippen molar-refractivity contribution in [3.05, 3.63) is 64.9 Å². The number of aromatic nitrogens is 4.